The molecular formula is C13H25NO. The van der Waals surface area contributed by atoms with Crippen molar-refractivity contribution in [1.82, 2.24) is 4.90 Å². The normalized spacial score (nSPS) is 27.1. The van der Waals surface area contributed by atoms with Crippen LogP contribution in [0.15, 0.2) is 0 Å². The first-order chi connectivity index (χ1) is 6.79. The van der Waals surface area contributed by atoms with E-state index in [1.165, 1.54) is 0 Å². The lowest BCUT2D eigenvalue weighted by Crippen LogP contribution is -2.56. The van der Waals surface area contributed by atoms with Crippen molar-refractivity contribution >= 4 is 5.78 Å². The van der Waals surface area contributed by atoms with Gasteiger partial charge < -0.3 is 0 Å². The van der Waals surface area contributed by atoms with Crippen molar-refractivity contribution in [3.8, 4) is 0 Å². The van der Waals surface area contributed by atoms with Crippen LogP contribution < -0.4 is 0 Å². The van der Waals surface area contributed by atoms with Gasteiger partial charge in [0.2, 0.25) is 0 Å². The van der Waals surface area contributed by atoms with Crippen molar-refractivity contribution in [2.45, 2.75) is 71.4 Å². The van der Waals surface area contributed by atoms with Gasteiger partial charge in [0.05, 0.1) is 0 Å². The van der Waals surface area contributed by atoms with E-state index in [4.69, 9.17) is 0 Å². The molecule has 0 saturated carbocycles. The minimum absolute atomic E-state index is 0.147. The van der Waals surface area contributed by atoms with E-state index in [2.05, 4.69) is 39.5 Å². The van der Waals surface area contributed by atoms with Crippen molar-refractivity contribution in [3.63, 3.8) is 0 Å². The van der Waals surface area contributed by atoms with Crippen molar-refractivity contribution in [2.24, 2.45) is 0 Å². The lowest BCUT2D eigenvalue weighted by molar-refractivity contribution is -0.122. The molecule has 1 saturated heterocycles. The Morgan fingerprint density at radius 2 is 1.47 bits per heavy atom. The molecule has 0 aromatic heterocycles. The summed E-state index contributed by atoms with van der Waals surface area (Å²) in [6, 6.07) is 0. The third kappa shape index (κ3) is 2.81. The van der Waals surface area contributed by atoms with Crippen molar-refractivity contribution < 1.29 is 4.79 Å². The minimum Gasteiger partial charge on any atom is -0.300 e. The van der Waals surface area contributed by atoms with Crippen LogP contribution in [-0.4, -0.2) is 28.3 Å². The van der Waals surface area contributed by atoms with Gasteiger partial charge in [-0.3, -0.25) is 9.69 Å². The molecule has 0 aliphatic carbocycles. The number of hydrogen-bond acceptors (Lipinski definition) is 2. The minimum atomic E-state index is 0.147. The molecule has 1 aliphatic heterocycles. The largest absolute Gasteiger partial charge is 0.300 e. The maximum atomic E-state index is 11.6. The fourth-order valence-corrected chi connectivity index (χ4v) is 2.96. The monoisotopic (exact) mass is 211 g/mol. The average Bonchev–Trinajstić information content (AvgIpc) is 2.10. The fraction of sp³-hybridized carbons (Fsp3) is 0.923. The highest BCUT2D eigenvalue weighted by Crippen LogP contribution is 2.34. The van der Waals surface area contributed by atoms with Gasteiger partial charge in [0.1, 0.15) is 5.78 Å². The summed E-state index contributed by atoms with van der Waals surface area (Å²) >= 11 is 0. The lowest BCUT2D eigenvalue weighted by atomic mass is 9.82. The molecule has 0 amide bonds. The third-order valence-electron chi connectivity index (χ3n) is 3.81. The molecule has 15 heavy (non-hydrogen) atoms. The number of Topliss-reactive ketones (excluding diaryl/α,β-unsaturated/α-hetero) is 1. The number of carbonyl (C=O) groups excluding carboxylic acids is 1. The molecule has 1 aliphatic rings. The summed E-state index contributed by atoms with van der Waals surface area (Å²) in [4.78, 5) is 14.1. The van der Waals surface area contributed by atoms with Gasteiger partial charge in [0.15, 0.2) is 0 Å². The molecule has 0 radical (unpaired) electrons. The maximum Gasteiger partial charge on any atom is 0.133 e. The predicted molar refractivity (Wildman–Crippen MR) is 64.0 cm³/mol. The van der Waals surface area contributed by atoms with E-state index in [0.29, 0.717) is 5.78 Å². The number of hydrogen-bond donors (Lipinski definition) is 0. The Bertz CT molecular complexity index is 221. The first-order valence-corrected chi connectivity index (χ1v) is 6.09. The molecular weight excluding hydrogens is 186 g/mol. The Kier molecular flexibility index (Phi) is 3.59. The van der Waals surface area contributed by atoms with Gasteiger partial charge >= 0.3 is 0 Å². The summed E-state index contributed by atoms with van der Waals surface area (Å²) in [6.07, 6.45) is 3.48. The van der Waals surface area contributed by atoms with E-state index < -0.39 is 0 Å². The summed E-state index contributed by atoms with van der Waals surface area (Å²) in [5.74, 6) is 0.437. The van der Waals surface area contributed by atoms with E-state index in [9.17, 15) is 4.79 Å². The van der Waals surface area contributed by atoms with Crippen LogP contribution in [-0.2, 0) is 4.79 Å². The number of rotatable bonds is 1. The van der Waals surface area contributed by atoms with Crippen LogP contribution in [0, 0.1) is 0 Å². The topological polar surface area (TPSA) is 20.3 Å². The Balaban J connectivity index is 2.92. The predicted octanol–water partition coefficient (Wildman–Crippen LogP) is 3.01. The molecule has 0 aromatic rings. The summed E-state index contributed by atoms with van der Waals surface area (Å²) in [5.41, 5.74) is 0.294. The Morgan fingerprint density at radius 3 is 1.80 bits per heavy atom. The molecule has 0 aromatic carbocycles. The maximum absolute atomic E-state index is 11.6. The van der Waals surface area contributed by atoms with E-state index in [0.717, 1.165) is 32.2 Å². The highest BCUT2D eigenvalue weighted by atomic mass is 16.1. The van der Waals surface area contributed by atoms with Crippen LogP contribution in [0.25, 0.3) is 0 Å². The molecule has 1 fully saturated rings. The standard InChI is InChI=1S/C13H25NO/c1-6-14-12(2,3)9-7-11(15)8-10-13(14,4)5/h6-10H2,1-5H3. The second-order valence-corrected chi connectivity index (χ2v) is 5.91. The van der Waals surface area contributed by atoms with Gasteiger partial charge in [-0.2, -0.15) is 0 Å². The Morgan fingerprint density at radius 1 is 1.07 bits per heavy atom. The molecule has 0 N–H and O–H groups in total. The first-order valence-electron chi connectivity index (χ1n) is 6.09. The van der Waals surface area contributed by atoms with Crippen LogP contribution >= 0.6 is 0 Å². The molecule has 2 heteroatoms. The number of likely N-dealkylation sites (tertiary alicyclic amines) is 1. The summed E-state index contributed by atoms with van der Waals surface area (Å²) in [7, 11) is 0. The Labute approximate surface area is 94.0 Å². The van der Waals surface area contributed by atoms with Crippen molar-refractivity contribution in [1.29, 1.82) is 0 Å². The van der Waals surface area contributed by atoms with Gasteiger partial charge in [-0.05, 0) is 47.1 Å². The summed E-state index contributed by atoms with van der Waals surface area (Å²) < 4.78 is 0. The van der Waals surface area contributed by atoms with E-state index in [-0.39, 0.29) is 11.1 Å². The van der Waals surface area contributed by atoms with Gasteiger partial charge in [0.25, 0.3) is 0 Å². The SMILES string of the molecule is CCN1C(C)(C)CCC(=O)CCC1(C)C. The highest BCUT2D eigenvalue weighted by molar-refractivity contribution is 5.78. The second-order valence-electron chi connectivity index (χ2n) is 5.91. The molecule has 0 unspecified atom stereocenters. The second kappa shape index (κ2) is 4.25. The molecule has 0 atom stereocenters. The van der Waals surface area contributed by atoms with Crippen LogP contribution in [0.4, 0.5) is 0 Å². The van der Waals surface area contributed by atoms with Crippen LogP contribution in [0.3, 0.4) is 0 Å². The van der Waals surface area contributed by atoms with Crippen molar-refractivity contribution in [3.05, 3.63) is 0 Å². The highest BCUT2D eigenvalue weighted by Gasteiger charge is 2.38. The van der Waals surface area contributed by atoms with Gasteiger partial charge in [-0.25, -0.2) is 0 Å². The van der Waals surface area contributed by atoms with Crippen LogP contribution in [0.5, 0.6) is 0 Å². The molecule has 0 spiro atoms. The zero-order chi connectivity index (χ0) is 11.7. The van der Waals surface area contributed by atoms with Crippen LogP contribution in [0.1, 0.15) is 60.3 Å². The van der Waals surface area contributed by atoms with Crippen LogP contribution in [0.2, 0.25) is 0 Å². The first kappa shape index (κ1) is 12.7. The summed E-state index contributed by atoms with van der Waals surface area (Å²) in [5, 5.41) is 0. The van der Waals surface area contributed by atoms with Gasteiger partial charge in [-0.1, -0.05) is 6.92 Å². The molecule has 1 rings (SSSR count). The smallest absolute Gasteiger partial charge is 0.133 e. The Hall–Kier alpha value is -0.370. The summed E-state index contributed by atoms with van der Waals surface area (Å²) in [6.45, 7) is 12.3. The van der Waals surface area contributed by atoms with Gasteiger partial charge in [0, 0.05) is 23.9 Å². The molecule has 88 valence electrons. The fourth-order valence-electron chi connectivity index (χ4n) is 2.96. The lowest BCUT2D eigenvalue weighted by Gasteiger charge is -2.49. The number of nitrogens with zero attached hydrogens (tertiary/aromatic N) is 1. The van der Waals surface area contributed by atoms with E-state index in [1.54, 1.807) is 0 Å². The van der Waals surface area contributed by atoms with E-state index in [1.807, 2.05) is 0 Å². The molecule has 2 nitrogen and oxygen atoms in total. The zero-order valence-corrected chi connectivity index (χ0v) is 10.9. The quantitative estimate of drug-likeness (QED) is 0.664. The molecule has 0 bridgehead atoms. The van der Waals surface area contributed by atoms with Crippen molar-refractivity contribution in [2.75, 3.05) is 6.54 Å². The molecule has 1 heterocycles. The zero-order valence-electron chi connectivity index (χ0n) is 10.9. The van der Waals surface area contributed by atoms with E-state index >= 15 is 0 Å². The third-order valence-corrected chi connectivity index (χ3v) is 3.81. The number of ketones is 1. The number of carbonyl (C=O) groups is 1. The average molecular weight is 211 g/mol. The van der Waals surface area contributed by atoms with Gasteiger partial charge in [-0.15, -0.1) is 0 Å².